The van der Waals surface area contributed by atoms with Gasteiger partial charge in [-0.25, -0.2) is 0 Å². The molecule has 1 heteroatoms. The fourth-order valence-electron chi connectivity index (χ4n) is 1.59. The van der Waals surface area contributed by atoms with Gasteiger partial charge in [-0.05, 0) is 42.5 Å². The Morgan fingerprint density at radius 2 is 2.07 bits per heavy atom. The lowest BCUT2D eigenvalue weighted by atomic mass is 10.0. The van der Waals surface area contributed by atoms with Crippen molar-refractivity contribution in [1.82, 2.24) is 0 Å². The minimum atomic E-state index is 0.874. The summed E-state index contributed by atoms with van der Waals surface area (Å²) in [5.74, 6) is 0. The first kappa shape index (κ1) is 11.3. The average molecular weight is 209 g/mol. The third-order valence-electron chi connectivity index (χ3n) is 2.52. The van der Waals surface area contributed by atoms with Crippen molar-refractivity contribution in [3.63, 3.8) is 0 Å². The molecule has 1 aromatic rings. The summed E-state index contributed by atoms with van der Waals surface area (Å²) in [5, 5.41) is 0.874. The van der Waals surface area contributed by atoms with Gasteiger partial charge in [-0.1, -0.05) is 43.7 Å². The summed E-state index contributed by atoms with van der Waals surface area (Å²) in [6.07, 6.45) is 4.20. The third kappa shape index (κ3) is 2.39. The fourth-order valence-corrected chi connectivity index (χ4v) is 1.91. The average Bonchev–Trinajstić information content (AvgIpc) is 2.22. The Kier molecular flexibility index (Phi) is 4.21. The maximum atomic E-state index is 6.22. The van der Waals surface area contributed by atoms with Gasteiger partial charge in [-0.15, -0.1) is 0 Å². The molecule has 0 fully saturated rings. The van der Waals surface area contributed by atoms with E-state index in [0.29, 0.717) is 0 Å². The summed E-state index contributed by atoms with van der Waals surface area (Å²) in [7, 11) is 0. The molecule has 76 valence electrons. The predicted molar refractivity (Wildman–Crippen MR) is 64.8 cm³/mol. The number of benzene rings is 1. The van der Waals surface area contributed by atoms with Crippen LogP contribution in [0.5, 0.6) is 0 Å². The van der Waals surface area contributed by atoms with Crippen molar-refractivity contribution in [3.8, 4) is 0 Å². The molecule has 0 aliphatic carbocycles. The van der Waals surface area contributed by atoms with Crippen molar-refractivity contribution in [3.05, 3.63) is 40.4 Å². The quantitative estimate of drug-likeness (QED) is 0.675. The molecule has 0 radical (unpaired) electrons. The van der Waals surface area contributed by atoms with Gasteiger partial charge in [-0.3, -0.25) is 0 Å². The van der Waals surface area contributed by atoms with Crippen LogP contribution in [0.3, 0.4) is 0 Å². The fraction of sp³-hybridized carbons (Fsp3) is 0.385. The molecule has 0 aliphatic rings. The van der Waals surface area contributed by atoms with E-state index in [1.54, 1.807) is 0 Å². The van der Waals surface area contributed by atoms with Crippen LogP contribution in [0.25, 0.3) is 5.57 Å². The predicted octanol–water partition coefficient (Wildman–Crippen LogP) is 4.72. The topological polar surface area (TPSA) is 0 Å². The lowest BCUT2D eigenvalue weighted by Crippen LogP contribution is -1.87. The molecular weight excluding hydrogens is 192 g/mol. The van der Waals surface area contributed by atoms with E-state index in [1.807, 2.05) is 0 Å². The highest BCUT2D eigenvalue weighted by molar-refractivity contribution is 6.32. The van der Waals surface area contributed by atoms with Gasteiger partial charge in [0, 0.05) is 5.02 Å². The highest BCUT2D eigenvalue weighted by atomic mass is 35.5. The van der Waals surface area contributed by atoms with Crippen LogP contribution in [0.2, 0.25) is 5.02 Å². The van der Waals surface area contributed by atoms with Crippen molar-refractivity contribution < 1.29 is 0 Å². The van der Waals surface area contributed by atoms with E-state index in [2.05, 4.69) is 45.0 Å². The molecule has 0 saturated carbocycles. The summed E-state index contributed by atoms with van der Waals surface area (Å²) >= 11 is 6.22. The first-order valence-corrected chi connectivity index (χ1v) is 5.54. The number of allylic oxidation sites excluding steroid dienone is 2. The second kappa shape index (κ2) is 5.21. The summed E-state index contributed by atoms with van der Waals surface area (Å²) < 4.78 is 0. The van der Waals surface area contributed by atoms with E-state index in [1.165, 1.54) is 16.7 Å². The van der Waals surface area contributed by atoms with Crippen LogP contribution in [0, 0.1) is 0 Å². The van der Waals surface area contributed by atoms with Gasteiger partial charge in [0.15, 0.2) is 0 Å². The van der Waals surface area contributed by atoms with E-state index in [0.717, 1.165) is 17.9 Å². The Morgan fingerprint density at radius 1 is 1.36 bits per heavy atom. The summed E-state index contributed by atoms with van der Waals surface area (Å²) in [6, 6.07) is 6.34. The molecule has 1 rings (SSSR count). The molecule has 0 bridgehead atoms. The standard InChI is InChI=1S/C13H17Cl/c1-4-10-7-8-12(13(14)9-10)11(5-2)6-3/h5,7-9H,4,6H2,1-3H3. The number of halogens is 1. The maximum Gasteiger partial charge on any atom is 0.0483 e. The molecule has 0 aliphatic heterocycles. The smallest absolute Gasteiger partial charge is 0.0483 e. The highest BCUT2D eigenvalue weighted by Crippen LogP contribution is 2.27. The molecule has 0 saturated heterocycles. The summed E-state index contributed by atoms with van der Waals surface area (Å²) in [5.41, 5.74) is 3.79. The Bertz CT molecular complexity index is 337. The molecule has 0 aromatic heterocycles. The zero-order chi connectivity index (χ0) is 10.6. The van der Waals surface area contributed by atoms with Gasteiger partial charge in [0.25, 0.3) is 0 Å². The summed E-state index contributed by atoms with van der Waals surface area (Å²) in [6.45, 7) is 6.35. The normalized spacial score (nSPS) is 11.9. The number of aryl methyl sites for hydroxylation is 1. The van der Waals surface area contributed by atoms with E-state index >= 15 is 0 Å². The lowest BCUT2D eigenvalue weighted by molar-refractivity contribution is 1.14. The second-order valence-electron chi connectivity index (χ2n) is 3.34. The SMILES string of the molecule is CC=C(CC)c1ccc(CC)cc1Cl. The largest absolute Gasteiger partial charge is 0.0838 e. The van der Waals surface area contributed by atoms with E-state index < -0.39 is 0 Å². The van der Waals surface area contributed by atoms with Crippen LogP contribution in [0.4, 0.5) is 0 Å². The number of hydrogen-bond donors (Lipinski definition) is 0. The van der Waals surface area contributed by atoms with Crippen molar-refractivity contribution in [2.24, 2.45) is 0 Å². The summed E-state index contributed by atoms with van der Waals surface area (Å²) in [4.78, 5) is 0. The van der Waals surface area contributed by atoms with Crippen molar-refractivity contribution >= 4 is 17.2 Å². The van der Waals surface area contributed by atoms with Gasteiger partial charge in [0.05, 0.1) is 0 Å². The molecule has 0 spiro atoms. The van der Waals surface area contributed by atoms with Crippen LogP contribution >= 0.6 is 11.6 Å². The van der Waals surface area contributed by atoms with Crippen LogP contribution in [0.15, 0.2) is 24.3 Å². The first-order valence-electron chi connectivity index (χ1n) is 5.16. The van der Waals surface area contributed by atoms with Crippen LogP contribution < -0.4 is 0 Å². The maximum absolute atomic E-state index is 6.22. The lowest BCUT2D eigenvalue weighted by Gasteiger charge is -2.08. The molecule has 0 heterocycles. The van der Waals surface area contributed by atoms with Crippen LogP contribution in [-0.2, 0) is 6.42 Å². The Balaban J connectivity index is 3.11. The van der Waals surface area contributed by atoms with Crippen LogP contribution in [-0.4, -0.2) is 0 Å². The minimum Gasteiger partial charge on any atom is -0.0838 e. The Labute approximate surface area is 91.6 Å². The number of hydrogen-bond acceptors (Lipinski definition) is 0. The minimum absolute atomic E-state index is 0.874. The Morgan fingerprint density at radius 3 is 2.50 bits per heavy atom. The molecule has 0 unspecified atom stereocenters. The van der Waals surface area contributed by atoms with Gasteiger partial charge in [0.1, 0.15) is 0 Å². The van der Waals surface area contributed by atoms with Crippen LogP contribution in [0.1, 0.15) is 38.3 Å². The molecule has 0 N–H and O–H groups in total. The molecule has 14 heavy (non-hydrogen) atoms. The first-order chi connectivity index (χ1) is 6.72. The Hall–Kier alpha value is -0.750. The number of rotatable bonds is 3. The van der Waals surface area contributed by atoms with E-state index in [9.17, 15) is 0 Å². The zero-order valence-electron chi connectivity index (χ0n) is 9.10. The van der Waals surface area contributed by atoms with Crippen molar-refractivity contribution in [2.45, 2.75) is 33.6 Å². The van der Waals surface area contributed by atoms with Gasteiger partial charge >= 0.3 is 0 Å². The third-order valence-corrected chi connectivity index (χ3v) is 2.83. The molecule has 0 nitrogen and oxygen atoms in total. The zero-order valence-corrected chi connectivity index (χ0v) is 9.86. The van der Waals surface area contributed by atoms with E-state index in [4.69, 9.17) is 11.6 Å². The molecular formula is C13H17Cl. The monoisotopic (exact) mass is 208 g/mol. The molecule has 1 aromatic carbocycles. The highest BCUT2D eigenvalue weighted by Gasteiger charge is 2.04. The molecule has 0 amide bonds. The van der Waals surface area contributed by atoms with E-state index in [-0.39, 0.29) is 0 Å². The van der Waals surface area contributed by atoms with Crippen molar-refractivity contribution in [2.75, 3.05) is 0 Å². The van der Waals surface area contributed by atoms with Gasteiger partial charge in [0.2, 0.25) is 0 Å². The second-order valence-corrected chi connectivity index (χ2v) is 3.74. The molecule has 0 atom stereocenters. The van der Waals surface area contributed by atoms with Gasteiger partial charge in [-0.2, -0.15) is 0 Å². The van der Waals surface area contributed by atoms with Crippen molar-refractivity contribution in [1.29, 1.82) is 0 Å². The van der Waals surface area contributed by atoms with Gasteiger partial charge < -0.3 is 0 Å².